The van der Waals surface area contributed by atoms with Crippen molar-refractivity contribution in [2.45, 2.75) is 0 Å². The van der Waals surface area contributed by atoms with Gasteiger partial charge in [-0.25, -0.2) is 0 Å². The van der Waals surface area contributed by atoms with E-state index in [1.807, 2.05) is 12.1 Å². The van der Waals surface area contributed by atoms with Crippen LogP contribution in [-0.2, 0) is 4.79 Å². The first kappa shape index (κ1) is 8.93. The zero-order chi connectivity index (χ0) is 8.97. The molecule has 0 aliphatic rings. The topological polar surface area (TPSA) is 55.1 Å². The van der Waals surface area contributed by atoms with Gasteiger partial charge in [0.1, 0.15) is 0 Å². The number of carbonyl (C=O) groups is 1. The maximum absolute atomic E-state index is 10.5. The maximum atomic E-state index is 10.5. The Morgan fingerprint density at radius 2 is 2.00 bits per heavy atom. The van der Waals surface area contributed by atoms with Crippen LogP contribution >= 0.6 is 12.6 Å². The van der Waals surface area contributed by atoms with E-state index in [4.69, 9.17) is 5.73 Å². The molecule has 3 N–H and O–H groups in total. The van der Waals surface area contributed by atoms with Crippen LogP contribution in [0.1, 0.15) is 0 Å². The lowest BCUT2D eigenvalue weighted by Gasteiger charge is -2.02. The highest BCUT2D eigenvalue weighted by Gasteiger charge is 1.93. The van der Waals surface area contributed by atoms with E-state index in [2.05, 4.69) is 17.9 Å². The van der Waals surface area contributed by atoms with Crippen LogP contribution in [0.4, 0.5) is 11.4 Å². The van der Waals surface area contributed by atoms with E-state index in [1.54, 1.807) is 12.1 Å². The largest absolute Gasteiger partial charge is 0.399 e. The first-order valence-electron chi connectivity index (χ1n) is 3.49. The molecule has 0 bridgehead atoms. The zero-order valence-electron chi connectivity index (χ0n) is 6.45. The van der Waals surface area contributed by atoms with E-state index in [0.717, 1.165) is 5.69 Å². The van der Waals surface area contributed by atoms with Gasteiger partial charge in [-0.15, -0.1) is 12.6 Å². The molecule has 0 spiro atoms. The Hall–Kier alpha value is -1.16. The normalized spacial score (nSPS) is 9.42. The van der Waals surface area contributed by atoms with E-state index in [-0.39, 0.29) is 11.7 Å². The molecule has 0 aliphatic heterocycles. The Morgan fingerprint density at radius 3 is 2.50 bits per heavy atom. The van der Waals surface area contributed by atoms with Crippen molar-refractivity contribution in [3.8, 4) is 0 Å². The van der Waals surface area contributed by atoms with E-state index in [9.17, 15) is 4.79 Å². The van der Waals surface area contributed by atoms with Crippen LogP contribution in [0.15, 0.2) is 24.3 Å². The highest BCUT2D eigenvalue weighted by molar-refractivity contribution is 7.96. The smallest absolute Gasteiger partial charge is 0.204 e. The molecule has 12 heavy (non-hydrogen) atoms. The summed E-state index contributed by atoms with van der Waals surface area (Å²) < 4.78 is 0. The average molecular weight is 182 g/mol. The standard InChI is InChI=1S/C8H10N2OS/c9-6-1-3-7(4-2-6)10-5-8(11)12/h1-4,10H,5,9H2,(H,11,12). The number of hydrogen-bond donors (Lipinski definition) is 3. The Labute approximate surface area is 76.4 Å². The highest BCUT2D eigenvalue weighted by atomic mass is 32.1. The van der Waals surface area contributed by atoms with Gasteiger partial charge in [-0.3, -0.25) is 4.79 Å². The summed E-state index contributed by atoms with van der Waals surface area (Å²) in [7, 11) is 0. The molecule has 0 radical (unpaired) electrons. The minimum absolute atomic E-state index is 0.188. The van der Waals surface area contributed by atoms with Crippen LogP contribution in [0.2, 0.25) is 0 Å². The molecule has 1 aromatic carbocycles. The first-order valence-corrected chi connectivity index (χ1v) is 3.94. The molecule has 0 aromatic heterocycles. The monoisotopic (exact) mass is 182 g/mol. The second-order valence-electron chi connectivity index (χ2n) is 2.37. The summed E-state index contributed by atoms with van der Waals surface area (Å²) in [6.45, 7) is 0.229. The summed E-state index contributed by atoms with van der Waals surface area (Å²) in [6.07, 6.45) is 0. The molecule has 0 atom stereocenters. The summed E-state index contributed by atoms with van der Waals surface area (Å²) in [5, 5.41) is 2.70. The minimum atomic E-state index is -0.188. The highest BCUT2D eigenvalue weighted by Crippen LogP contribution is 2.09. The molecule has 4 heteroatoms. The summed E-state index contributed by atoms with van der Waals surface area (Å²) in [6, 6.07) is 7.16. The molecule has 1 aromatic rings. The van der Waals surface area contributed by atoms with Gasteiger partial charge in [-0.05, 0) is 24.3 Å². The fraction of sp³-hybridized carbons (Fsp3) is 0.125. The molecule has 64 valence electrons. The molecule has 0 aliphatic carbocycles. The predicted molar refractivity (Wildman–Crippen MR) is 53.3 cm³/mol. The molecule has 0 unspecified atom stereocenters. The predicted octanol–water partition coefficient (Wildman–Crippen LogP) is 1.14. The molecule has 1 rings (SSSR count). The second kappa shape index (κ2) is 4.01. The summed E-state index contributed by atoms with van der Waals surface area (Å²) in [4.78, 5) is 10.5. The van der Waals surface area contributed by atoms with Crippen molar-refractivity contribution in [3.05, 3.63) is 24.3 Å². The third-order valence-corrected chi connectivity index (χ3v) is 1.51. The van der Waals surface area contributed by atoms with Crippen LogP contribution in [0.25, 0.3) is 0 Å². The summed E-state index contributed by atoms with van der Waals surface area (Å²) >= 11 is 3.62. The Kier molecular flexibility index (Phi) is 2.99. The van der Waals surface area contributed by atoms with Gasteiger partial charge in [-0.1, -0.05) is 0 Å². The quantitative estimate of drug-likeness (QED) is 0.485. The average Bonchev–Trinajstić information content (AvgIpc) is 2.03. The van der Waals surface area contributed by atoms with Gasteiger partial charge in [0.15, 0.2) is 0 Å². The number of benzene rings is 1. The lowest BCUT2D eigenvalue weighted by Crippen LogP contribution is -2.07. The molecular weight excluding hydrogens is 172 g/mol. The molecular formula is C8H10N2OS. The van der Waals surface area contributed by atoms with Crippen molar-refractivity contribution in [2.24, 2.45) is 0 Å². The molecule has 0 saturated heterocycles. The van der Waals surface area contributed by atoms with Gasteiger partial charge in [0.2, 0.25) is 5.12 Å². The van der Waals surface area contributed by atoms with Crippen LogP contribution in [0.3, 0.4) is 0 Å². The summed E-state index contributed by atoms with van der Waals surface area (Å²) in [5.74, 6) is 0. The Balaban J connectivity index is 2.53. The van der Waals surface area contributed by atoms with Crippen molar-refractivity contribution < 1.29 is 4.79 Å². The van der Waals surface area contributed by atoms with E-state index >= 15 is 0 Å². The third-order valence-electron chi connectivity index (χ3n) is 1.35. The van der Waals surface area contributed by atoms with E-state index < -0.39 is 0 Å². The first-order chi connectivity index (χ1) is 5.68. The molecule has 0 saturated carbocycles. The van der Waals surface area contributed by atoms with E-state index in [0.29, 0.717) is 5.69 Å². The van der Waals surface area contributed by atoms with Gasteiger partial charge >= 0.3 is 0 Å². The second-order valence-corrected chi connectivity index (χ2v) is 2.87. The van der Waals surface area contributed by atoms with Crippen LogP contribution in [0, 0.1) is 0 Å². The number of nitrogens with one attached hydrogen (secondary N) is 1. The number of carbonyl (C=O) groups excluding carboxylic acids is 1. The fourth-order valence-corrected chi connectivity index (χ4v) is 0.858. The molecule has 3 nitrogen and oxygen atoms in total. The molecule has 0 heterocycles. The molecule has 0 amide bonds. The molecule has 0 fully saturated rings. The third kappa shape index (κ3) is 2.84. The number of rotatable bonds is 3. The number of thiol groups is 1. The zero-order valence-corrected chi connectivity index (χ0v) is 7.34. The Morgan fingerprint density at radius 1 is 1.42 bits per heavy atom. The van der Waals surface area contributed by atoms with Crippen LogP contribution in [-0.4, -0.2) is 11.7 Å². The van der Waals surface area contributed by atoms with Gasteiger partial charge in [0, 0.05) is 11.4 Å². The van der Waals surface area contributed by atoms with Gasteiger partial charge in [-0.2, -0.15) is 0 Å². The Bertz CT molecular complexity index is 271. The number of anilines is 2. The van der Waals surface area contributed by atoms with Crippen molar-refractivity contribution in [1.29, 1.82) is 0 Å². The SMILES string of the molecule is Nc1ccc(NCC(=O)S)cc1. The lowest BCUT2D eigenvalue weighted by molar-refractivity contribution is -0.109. The maximum Gasteiger partial charge on any atom is 0.204 e. The van der Waals surface area contributed by atoms with Crippen LogP contribution in [0.5, 0.6) is 0 Å². The van der Waals surface area contributed by atoms with Gasteiger partial charge in [0.25, 0.3) is 0 Å². The van der Waals surface area contributed by atoms with Crippen LogP contribution < -0.4 is 11.1 Å². The van der Waals surface area contributed by atoms with Crippen molar-refractivity contribution in [1.82, 2.24) is 0 Å². The van der Waals surface area contributed by atoms with Crippen molar-refractivity contribution >= 4 is 29.1 Å². The summed E-state index contributed by atoms with van der Waals surface area (Å²) in [5.41, 5.74) is 7.05. The van der Waals surface area contributed by atoms with Crippen molar-refractivity contribution in [2.75, 3.05) is 17.6 Å². The minimum Gasteiger partial charge on any atom is -0.399 e. The van der Waals surface area contributed by atoms with Crippen molar-refractivity contribution in [3.63, 3.8) is 0 Å². The van der Waals surface area contributed by atoms with Gasteiger partial charge in [0.05, 0.1) is 6.54 Å². The number of nitrogen functional groups attached to an aromatic ring is 1. The fourth-order valence-electron chi connectivity index (χ4n) is 0.779. The number of hydrogen-bond acceptors (Lipinski definition) is 3. The number of nitrogens with two attached hydrogens (primary N) is 1. The van der Waals surface area contributed by atoms with E-state index in [1.165, 1.54) is 0 Å². The van der Waals surface area contributed by atoms with Gasteiger partial charge < -0.3 is 11.1 Å². The lowest BCUT2D eigenvalue weighted by atomic mass is 10.3.